The number of nitrogen functional groups attached to an aromatic ring is 1. The number of anilines is 1. The highest BCUT2D eigenvalue weighted by Gasteiger charge is 2.23. The van der Waals surface area contributed by atoms with E-state index in [2.05, 4.69) is 0 Å². The van der Waals surface area contributed by atoms with Gasteiger partial charge < -0.3 is 10.8 Å². The predicted octanol–water partition coefficient (Wildman–Crippen LogP) is 2.22. The van der Waals surface area contributed by atoms with E-state index in [1.54, 1.807) is 0 Å². The first-order chi connectivity index (χ1) is 7.99. The lowest BCUT2D eigenvalue weighted by atomic mass is 9.99. The molecule has 0 spiro atoms. The molecule has 0 heterocycles. The quantitative estimate of drug-likeness (QED) is 0.464. The van der Waals surface area contributed by atoms with E-state index < -0.39 is 10.9 Å². The molecule has 0 saturated heterocycles. The summed E-state index contributed by atoms with van der Waals surface area (Å²) in [7, 11) is 0. The lowest BCUT2D eigenvalue weighted by Gasteiger charge is -2.08. The third kappa shape index (κ3) is 2.72. The molecular weight excluding hydrogens is 224 g/mol. The average Bonchev–Trinajstić information content (AvgIpc) is 2.25. The van der Waals surface area contributed by atoms with E-state index in [9.17, 15) is 14.9 Å². The molecule has 0 saturated carbocycles. The number of rotatable bonds is 5. The van der Waals surface area contributed by atoms with Gasteiger partial charge in [0.15, 0.2) is 0 Å². The molecule has 0 radical (unpaired) electrons. The van der Waals surface area contributed by atoms with Gasteiger partial charge in [-0.3, -0.25) is 10.1 Å². The molecule has 0 fully saturated rings. The summed E-state index contributed by atoms with van der Waals surface area (Å²) in [5.74, 6) is -1.17. The van der Waals surface area contributed by atoms with Gasteiger partial charge in [0, 0.05) is 5.56 Å². The van der Waals surface area contributed by atoms with Crippen molar-refractivity contribution in [2.24, 2.45) is 0 Å². The van der Waals surface area contributed by atoms with Gasteiger partial charge in [-0.25, -0.2) is 4.79 Å². The molecule has 17 heavy (non-hydrogen) atoms. The first-order valence-electron chi connectivity index (χ1n) is 5.28. The lowest BCUT2D eigenvalue weighted by Crippen LogP contribution is -2.08. The number of unbranched alkanes of at least 4 members (excludes halogenated alkanes) is 1. The van der Waals surface area contributed by atoms with Crippen LogP contribution in [0.25, 0.3) is 0 Å². The first-order valence-corrected chi connectivity index (χ1v) is 5.28. The number of aromatic carboxylic acids is 1. The normalized spacial score (nSPS) is 10.2. The number of nitro benzene ring substituents is 1. The third-order valence-corrected chi connectivity index (χ3v) is 2.51. The fraction of sp³-hybridized carbons (Fsp3) is 0.364. The number of carboxylic acid groups (broad SMARTS) is 1. The van der Waals surface area contributed by atoms with Crippen LogP contribution < -0.4 is 5.73 Å². The van der Waals surface area contributed by atoms with Crippen LogP contribution in [0.3, 0.4) is 0 Å². The fourth-order valence-corrected chi connectivity index (χ4v) is 1.68. The highest BCUT2D eigenvalue weighted by molar-refractivity contribution is 5.92. The van der Waals surface area contributed by atoms with Crippen LogP contribution in [0, 0.1) is 10.1 Å². The fourth-order valence-electron chi connectivity index (χ4n) is 1.68. The molecular formula is C11H14N2O4. The number of benzene rings is 1. The molecule has 1 aromatic carbocycles. The monoisotopic (exact) mass is 238 g/mol. The van der Waals surface area contributed by atoms with Crippen LogP contribution in [0.5, 0.6) is 0 Å². The second-order valence-electron chi connectivity index (χ2n) is 3.70. The van der Waals surface area contributed by atoms with Crippen molar-refractivity contribution in [3.63, 3.8) is 0 Å². The number of hydrogen-bond acceptors (Lipinski definition) is 4. The van der Waals surface area contributed by atoms with Gasteiger partial charge in [-0.1, -0.05) is 13.3 Å². The summed E-state index contributed by atoms with van der Waals surface area (Å²) in [6, 6.07) is 2.58. The Morgan fingerprint density at radius 1 is 1.53 bits per heavy atom. The Balaban J connectivity index is 3.38. The maximum atomic E-state index is 11.0. The van der Waals surface area contributed by atoms with Crippen LogP contribution in [-0.2, 0) is 6.42 Å². The third-order valence-electron chi connectivity index (χ3n) is 2.51. The van der Waals surface area contributed by atoms with E-state index in [-0.39, 0.29) is 22.5 Å². The van der Waals surface area contributed by atoms with Crippen LogP contribution in [0.15, 0.2) is 12.1 Å². The van der Waals surface area contributed by atoms with Crippen LogP contribution in [0.4, 0.5) is 11.4 Å². The minimum atomic E-state index is -1.17. The van der Waals surface area contributed by atoms with Crippen LogP contribution in [0.1, 0.15) is 35.7 Å². The van der Waals surface area contributed by atoms with E-state index in [1.165, 1.54) is 12.1 Å². The molecule has 0 atom stereocenters. The van der Waals surface area contributed by atoms with Gasteiger partial charge in [0.05, 0.1) is 10.5 Å². The zero-order valence-corrected chi connectivity index (χ0v) is 9.47. The van der Waals surface area contributed by atoms with Crippen LogP contribution >= 0.6 is 0 Å². The molecule has 6 heteroatoms. The summed E-state index contributed by atoms with van der Waals surface area (Å²) < 4.78 is 0. The molecule has 0 bridgehead atoms. The van der Waals surface area contributed by atoms with Gasteiger partial charge >= 0.3 is 5.97 Å². The van der Waals surface area contributed by atoms with Crippen LogP contribution in [0.2, 0.25) is 0 Å². The van der Waals surface area contributed by atoms with Crippen molar-refractivity contribution >= 4 is 17.3 Å². The Morgan fingerprint density at radius 2 is 2.18 bits per heavy atom. The van der Waals surface area contributed by atoms with Crippen molar-refractivity contribution in [3.8, 4) is 0 Å². The molecule has 6 nitrogen and oxygen atoms in total. The number of hydrogen-bond donors (Lipinski definition) is 2. The second-order valence-corrected chi connectivity index (χ2v) is 3.70. The highest BCUT2D eigenvalue weighted by Crippen LogP contribution is 2.30. The largest absolute Gasteiger partial charge is 0.478 e. The molecule has 1 aromatic rings. The number of nitro groups is 1. The molecule has 0 aromatic heterocycles. The van der Waals surface area contributed by atoms with Crippen molar-refractivity contribution < 1.29 is 14.8 Å². The maximum absolute atomic E-state index is 11.0. The van der Waals surface area contributed by atoms with E-state index >= 15 is 0 Å². The van der Waals surface area contributed by atoms with Gasteiger partial charge in [-0.05, 0) is 25.0 Å². The van der Waals surface area contributed by atoms with Crippen molar-refractivity contribution in [1.29, 1.82) is 0 Å². The highest BCUT2D eigenvalue weighted by atomic mass is 16.6. The number of nitrogens with two attached hydrogens (primary N) is 1. The van der Waals surface area contributed by atoms with Gasteiger partial charge in [0.1, 0.15) is 5.69 Å². The molecule has 3 N–H and O–H groups in total. The summed E-state index contributed by atoms with van der Waals surface area (Å²) in [6.45, 7) is 1.93. The van der Waals surface area contributed by atoms with Gasteiger partial charge in [-0.15, -0.1) is 0 Å². The number of carboxylic acids is 1. The van der Waals surface area contributed by atoms with Gasteiger partial charge in [0.25, 0.3) is 5.69 Å². The Morgan fingerprint density at radius 3 is 2.65 bits per heavy atom. The number of nitrogens with zero attached hydrogens (tertiary/aromatic N) is 1. The van der Waals surface area contributed by atoms with E-state index in [1.807, 2.05) is 6.92 Å². The minimum Gasteiger partial charge on any atom is -0.478 e. The standard InChI is InChI=1S/C11H14N2O4/c1-2-3-4-7-8(11(14)15)5-6-9(12)10(7)13(16)17/h5-6H,2-4,12H2,1H3,(H,14,15). The Labute approximate surface area is 98.2 Å². The van der Waals surface area contributed by atoms with Crippen molar-refractivity contribution in [2.45, 2.75) is 26.2 Å². The SMILES string of the molecule is CCCCc1c(C(=O)O)ccc(N)c1[N+](=O)[O-]. The summed E-state index contributed by atoms with van der Waals surface area (Å²) in [6.07, 6.45) is 1.86. The zero-order chi connectivity index (χ0) is 13.0. The summed E-state index contributed by atoms with van der Waals surface area (Å²) in [4.78, 5) is 21.3. The molecule has 0 aliphatic heterocycles. The minimum absolute atomic E-state index is 0.00565. The molecule has 1 rings (SSSR count). The summed E-state index contributed by atoms with van der Waals surface area (Å²) in [5, 5.41) is 19.9. The van der Waals surface area contributed by atoms with Crippen LogP contribution in [-0.4, -0.2) is 16.0 Å². The lowest BCUT2D eigenvalue weighted by molar-refractivity contribution is -0.384. The second kappa shape index (κ2) is 5.29. The predicted molar refractivity (Wildman–Crippen MR) is 63.1 cm³/mol. The molecule has 0 aliphatic carbocycles. The topological polar surface area (TPSA) is 106 Å². The van der Waals surface area contributed by atoms with Gasteiger partial charge in [-0.2, -0.15) is 0 Å². The average molecular weight is 238 g/mol. The van der Waals surface area contributed by atoms with E-state index in [0.717, 1.165) is 6.42 Å². The maximum Gasteiger partial charge on any atom is 0.336 e. The molecule has 92 valence electrons. The Bertz CT molecular complexity index is 457. The van der Waals surface area contributed by atoms with Gasteiger partial charge in [0.2, 0.25) is 0 Å². The first kappa shape index (κ1) is 13.0. The molecule has 0 unspecified atom stereocenters. The van der Waals surface area contributed by atoms with Crippen molar-refractivity contribution in [2.75, 3.05) is 5.73 Å². The van der Waals surface area contributed by atoms with E-state index in [0.29, 0.717) is 12.8 Å². The number of carbonyl (C=O) groups is 1. The van der Waals surface area contributed by atoms with Crippen molar-refractivity contribution in [1.82, 2.24) is 0 Å². The summed E-state index contributed by atoms with van der Waals surface area (Å²) in [5.41, 5.74) is 5.42. The van der Waals surface area contributed by atoms with Crippen molar-refractivity contribution in [3.05, 3.63) is 33.4 Å². The molecule has 0 aliphatic rings. The zero-order valence-electron chi connectivity index (χ0n) is 9.47. The van der Waals surface area contributed by atoms with E-state index in [4.69, 9.17) is 10.8 Å². The smallest absolute Gasteiger partial charge is 0.336 e. The Kier molecular flexibility index (Phi) is 4.03. The molecule has 0 amide bonds. The summed E-state index contributed by atoms with van der Waals surface area (Å²) >= 11 is 0. The Hall–Kier alpha value is -2.11.